The number of amides is 1. The van der Waals surface area contributed by atoms with E-state index in [-0.39, 0.29) is 105 Å². The van der Waals surface area contributed by atoms with E-state index in [4.69, 9.17) is 22.1 Å². The van der Waals surface area contributed by atoms with Crippen molar-refractivity contribution in [2.24, 2.45) is 11.3 Å². The van der Waals surface area contributed by atoms with Crippen molar-refractivity contribution >= 4 is 60.7 Å². The highest BCUT2D eigenvalue weighted by molar-refractivity contribution is 7.23. The minimum atomic E-state index is -3.18. The topological polar surface area (TPSA) is 112 Å². The lowest BCUT2D eigenvalue weighted by atomic mass is 9.74. The predicted octanol–water partition coefficient (Wildman–Crippen LogP) is 7.57. The number of rotatable bonds is 6. The van der Waals surface area contributed by atoms with E-state index in [0.717, 1.165) is 23.8 Å². The Bertz CT molecular complexity index is 2330. The molecule has 0 unspecified atom stereocenters. The number of hydrogen-bond donors (Lipinski definition) is 1. The zero-order valence-corrected chi connectivity index (χ0v) is 30.7. The van der Waals surface area contributed by atoms with Gasteiger partial charge in [-0.3, -0.25) is 9.69 Å². The standard InChI is InChI=1S/C37H33ClF7N7O2S/c38-23-8-20-28(27(41)26(23)19-2-3-24(40)29-25(19)21(11-46)30(47)55-29)48-33(54-17-35-4-1-6-52(35)12-18(39)9-35)49-31(20)50-7-5-36(42,43)13-34(14-50)15-51(16-34)32(53)22-10-37(22,44)45/h2-3,8,18,22H,1,4-7,9-10,12-17,47H2/t18-,22+,35+/m1/s1. The van der Waals surface area contributed by atoms with Crippen molar-refractivity contribution in [1.82, 2.24) is 19.8 Å². The summed E-state index contributed by atoms with van der Waals surface area (Å²) in [5.41, 5.74) is 3.70. The number of halogens is 8. The highest BCUT2D eigenvalue weighted by Crippen LogP contribution is 2.53. The SMILES string of the molecule is N#Cc1c(N)sc2c(F)ccc(-c3c(Cl)cc4c(N5CCC(F)(F)CC6(CN(C(=O)[C@@H]7CC7(F)F)C6)C5)nc(OC[C@@]56CCCN5C[C@H](F)C6)nc4c3F)c12. The highest BCUT2D eigenvalue weighted by atomic mass is 35.5. The van der Waals surface area contributed by atoms with Crippen LogP contribution in [0.25, 0.3) is 32.1 Å². The Hall–Kier alpha value is -4.14. The van der Waals surface area contributed by atoms with Gasteiger partial charge in [0.15, 0.2) is 5.82 Å². The molecule has 4 aromatic rings. The van der Waals surface area contributed by atoms with Crippen LogP contribution in [0.5, 0.6) is 6.01 Å². The van der Waals surface area contributed by atoms with Crippen LogP contribution >= 0.6 is 22.9 Å². The number of nitrogens with zero attached hydrogens (tertiary/aromatic N) is 6. The van der Waals surface area contributed by atoms with Crippen LogP contribution in [0.15, 0.2) is 18.2 Å². The summed E-state index contributed by atoms with van der Waals surface area (Å²) in [5, 5.41) is 9.85. The van der Waals surface area contributed by atoms with Crippen molar-refractivity contribution in [3.63, 3.8) is 0 Å². The molecule has 6 heterocycles. The molecule has 290 valence electrons. The first-order chi connectivity index (χ1) is 26.0. The number of ether oxygens (including phenoxy) is 1. The highest BCUT2D eigenvalue weighted by Gasteiger charge is 2.65. The second kappa shape index (κ2) is 12.4. The average Bonchev–Trinajstić information content (AvgIpc) is 3.31. The number of alkyl halides is 5. The maximum atomic E-state index is 17.2. The molecule has 5 fully saturated rings. The summed E-state index contributed by atoms with van der Waals surface area (Å²) >= 11 is 7.65. The van der Waals surface area contributed by atoms with Gasteiger partial charge in [0.2, 0.25) is 5.91 Å². The van der Waals surface area contributed by atoms with E-state index < -0.39 is 71.7 Å². The maximum absolute atomic E-state index is 17.2. The van der Waals surface area contributed by atoms with Gasteiger partial charge in [0.05, 0.1) is 20.8 Å². The minimum absolute atomic E-state index is 0.0141. The monoisotopic (exact) mass is 807 g/mol. The molecule has 18 heteroatoms. The summed E-state index contributed by atoms with van der Waals surface area (Å²) in [4.78, 5) is 26.6. The van der Waals surface area contributed by atoms with Gasteiger partial charge in [0, 0.05) is 80.2 Å². The molecule has 2 aromatic heterocycles. The van der Waals surface area contributed by atoms with Crippen LogP contribution in [-0.4, -0.2) is 95.1 Å². The van der Waals surface area contributed by atoms with Crippen LogP contribution in [0.2, 0.25) is 5.02 Å². The fourth-order valence-electron chi connectivity index (χ4n) is 9.36. The van der Waals surface area contributed by atoms with Crippen LogP contribution in [0, 0.1) is 34.3 Å². The van der Waals surface area contributed by atoms with Crippen molar-refractivity contribution < 1.29 is 40.3 Å². The molecule has 3 atom stereocenters. The molecule has 9 nitrogen and oxygen atoms in total. The third kappa shape index (κ3) is 5.92. The van der Waals surface area contributed by atoms with Crippen molar-refractivity contribution in [1.29, 1.82) is 5.26 Å². The molecule has 1 spiro atoms. The minimum Gasteiger partial charge on any atom is -0.461 e. The van der Waals surface area contributed by atoms with Gasteiger partial charge in [-0.1, -0.05) is 17.7 Å². The van der Waals surface area contributed by atoms with Crippen molar-refractivity contribution in [3.8, 4) is 23.2 Å². The molecule has 1 aliphatic carbocycles. The van der Waals surface area contributed by atoms with E-state index >= 15 is 13.2 Å². The summed E-state index contributed by atoms with van der Waals surface area (Å²) in [7, 11) is 0. The Morgan fingerprint density at radius 2 is 1.87 bits per heavy atom. The third-order valence-corrected chi connectivity index (χ3v) is 13.3. The van der Waals surface area contributed by atoms with Crippen molar-refractivity contribution in [2.75, 3.05) is 56.5 Å². The first-order valence-electron chi connectivity index (χ1n) is 17.9. The van der Waals surface area contributed by atoms with Gasteiger partial charge in [-0.2, -0.15) is 15.2 Å². The summed E-state index contributed by atoms with van der Waals surface area (Å²) in [6, 6.07) is 5.42. The number of nitrogens with two attached hydrogens (primary N) is 1. The molecule has 4 saturated heterocycles. The van der Waals surface area contributed by atoms with Crippen LogP contribution in [0.1, 0.15) is 44.1 Å². The Balaban J connectivity index is 1.16. The van der Waals surface area contributed by atoms with Gasteiger partial charge < -0.3 is 20.3 Å². The van der Waals surface area contributed by atoms with E-state index in [1.54, 1.807) is 0 Å². The molecular formula is C37H33ClF7N7O2S. The number of nitrogen functional groups attached to an aromatic ring is 1. The largest absolute Gasteiger partial charge is 0.461 e. The van der Waals surface area contributed by atoms with Crippen molar-refractivity contribution in [2.45, 2.75) is 62.1 Å². The first kappa shape index (κ1) is 36.5. The molecule has 5 aliphatic rings. The van der Waals surface area contributed by atoms with Gasteiger partial charge in [-0.15, -0.1) is 11.3 Å². The Morgan fingerprint density at radius 1 is 1.11 bits per heavy atom. The fraction of sp³-hybridized carbons (Fsp3) is 0.514. The second-order valence-corrected chi connectivity index (χ2v) is 17.3. The smallest absolute Gasteiger partial charge is 0.319 e. The van der Waals surface area contributed by atoms with E-state index in [9.17, 15) is 27.6 Å². The number of likely N-dealkylation sites (tertiary alicyclic amines) is 1. The van der Waals surface area contributed by atoms with E-state index in [2.05, 4.69) is 9.97 Å². The van der Waals surface area contributed by atoms with Gasteiger partial charge in [-0.25, -0.2) is 30.7 Å². The zero-order chi connectivity index (χ0) is 38.8. The quantitative estimate of drug-likeness (QED) is 0.199. The summed E-state index contributed by atoms with van der Waals surface area (Å²) in [6.45, 7) is 0.207. The van der Waals surface area contributed by atoms with E-state index in [0.29, 0.717) is 13.0 Å². The lowest BCUT2D eigenvalue weighted by Crippen LogP contribution is -2.63. The first-order valence-corrected chi connectivity index (χ1v) is 19.1. The van der Waals surface area contributed by atoms with Gasteiger partial charge in [0.25, 0.3) is 11.8 Å². The summed E-state index contributed by atoms with van der Waals surface area (Å²) in [6.07, 6.45) is -1.18. The average molecular weight is 808 g/mol. The fourth-order valence-corrected chi connectivity index (χ4v) is 10.6. The molecule has 1 amide bonds. The number of fused-ring (bicyclic) bond motifs is 3. The Kier molecular flexibility index (Phi) is 8.25. The maximum Gasteiger partial charge on any atom is 0.319 e. The number of anilines is 2. The number of benzene rings is 2. The number of aromatic nitrogens is 2. The molecule has 4 aliphatic heterocycles. The lowest BCUT2D eigenvalue weighted by molar-refractivity contribution is -0.153. The van der Waals surface area contributed by atoms with E-state index in [1.807, 2.05) is 11.0 Å². The van der Waals surface area contributed by atoms with Gasteiger partial charge >= 0.3 is 6.01 Å². The van der Waals surface area contributed by atoms with Crippen LogP contribution in [-0.2, 0) is 4.79 Å². The van der Waals surface area contributed by atoms with Crippen LogP contribution in [0.4, 0.5) is 41.6 Å². The Morgan fingerprint density at radius 3 is 2.60 bits per heavy atom. The number of hydrogen-bond acceptors (Lipinski definition) is 9. The predicted molar refractivity (Wildman–Crippen MR) is 191 cm³/mol. The molecular weight excluding hydrogens is 775 g/mol. The molecule has 2 aromatic carbocycles. The van der Waals surface area contributed by atoms with Gasteiger partial charge in [-0.05, 0) is 37.1 Å². The lowest BCUT2D eigenvalue weighted by Gasteiger charge is -2.52. The van der Waals surface area contributed by atoms with Crippen LogP contribution in [0.3, 0.4) is 0 Å². The summed E-state index contributed by atoms with van der Waals surface area (Å²) in [5.74, 6) is -10.2. The van der Waals surface area contributed by atoms with E-state index in [1.165, 1.54) is 21.9 Å². The number of carbonyl (C=O) groups excluding carboxylic acids is 1. The van der Waals surface area contributed by atoms with Crippen LogP contribution < -0.4 is 15.4 Å². The number of thiophene rings is 1. The molecule has 1 saturated carbocycles. The summed E-state index contributed by atoms with van der Waals surface area (Å²) < 4.78 is 111. The van der Waals surface area contributed by atoms with Gasteiger partial charge in [0.1, 0.15) is 46.9 Å². The number of nitriles is 1. The zero-order valence-electron chi connectivity index (χ0n) is 29.1. The third-order valence-electron chi connectivity index (χ3n) is 12.0. The molecule has 0 bridgehead atoms. The Labute approximate surface area is 318 Å². The molecule has 9 rings (SSSR count). The molecule has 2 N–H and O–H groups in total. The molecule has 0 radical (unpaired) electrons. The normalized spacial score (nSPS) is 26.6. The second-order valence-electron chi connectivity index (χ2n) is 15.8. The molecule has 55 heavy (non-hydrogen) atoms. The number of carbonyl (C=O) groups is 1. The van der Waals surface area contributed by atoms with Crippen molar-refractivity contribution in [3.05, 3.63) is 40.4 Å².